The zero-order chi connectivity index (χ0) is 17.3. The number of urea groups is 1. The predicted octanol–water partition coefficient (Wildman–Crippen LogP) is 1.72. The number of hydrogen-bond acceptors (Lipinski definition) is 5. The molecule has 0 aliphatic rings. The number of ether oxygens (including phenoxy) is 1. The van der Waals surface area contributed by atoms with E-state index in [1.807, 2.05) is 11.6 Å². The van der Waals surface area contributed by atoms with Crippen molar-refractivity contribution in [2.24, 2.45) is 0 Å². The second-order valence-corrected chi connectivity index (χ2v) is 6.74. The Bertz CT molecular complexity index is 626. The summed E-state index contributed by atoms with van der Waals surface area (Å²) in [5.74, 6) is -0.264. The number of esters is 1. The van der Waals surface area contributed by atoms with Crippen molar-refractivity contribution in [2.45, 2.75) is 37.5 Å². The molecule has 0 aliphatic carbocycles. The fourth-order valence-corrected chi connectivity index (χ4v) is 2.74. The molecule has 0 aliphatic heterocycles. The molecule has 7 nitrogen and oxygen atoms in total. The number of rotatable bonds is 8. The summed E-state index contributed by atoms with van der Waals surface area (Å²) in [6.45, 7) is 2.17. The average molecular weight is 342 g/mol. The number of hydrogen-bond donors (Lipinski definition) is 2. The van der Waals surface area contributed by atoms with E-state index < -0.39 is 16.1 Å². The van der Waals surface area contributed by atoms with Crippen LogP contribution in [0.5, 0.6) is 0 Å². The summed E-state index contributed by atoms with van der Waals surface area (Å²) in [5.41, 5.74) is 0.931. The maximum atomic E-state index is 12.0. The lowest BCUT2D eigenvalue weighted by Crippen LogP contribution is -2.39. The molecule has 0 saturated carbocycles. The van der Waals surface area contributed by atoms with E-state index in [2.05, 4.69) is 10.1 Å². The van der Waals surface area contributed by atoms with Crippen LogP contribution in [-0.2, 0) is 19.6 Å². The van der Waals surface area contributed by atoms with Crippen LogP contribution >= 0.6 is 0 Å². The molecule has 2 N–H and O–H groups in total. The minimum Gasteiger partial charge on any atom is -0.469 e. The molecule has 0 saturated heterocycles. The Labute approximate surface area is 136 Å². The number of amides is 2. The molecule has 8 heteroatoms. The van der Waals surface area contributed by atoms with E-state index in [4.69, 9.17) is 0 Å². The van der Waals surface area contributed by atoms with Gasteiger partial charge in [0.2, 0.25) is 0 Å². The largest absolute Gasteiger partial charge is 0.469 e. The van der Waals surface area contributed by atoms with Crippen molar-refractivity contribution in [1.29, 1.82) is 0 Å². The minimum absolute atomic E-state index is 0.0383. The van der Waals surface area contributed by atoms with Gasteiger partial charge < -0.3 is 10.1 Å². The molecule has 0 spiro atoms. The van der Waals surface area contributed by atoms with Crippen LogP contribution in [0.1, 0.15) is 31.2 Å². The molecule has 1 rings (SSSR count). The van der Waals surface area contributed by atoms with Crippen molar-refractivity contribution >= 4 is 22.0 Å². The minimum atomic E-state index is -3.86. The first-order valence-electron chi connectivity index (χ1n) is 7.29. The van der Waals surface area contributed by atoms with Crippen molar-refractivity contribution in [2.75, 3.05) is 13.7 Å². The van der Waals surface area contributed by atoms with Crippen molar-refractivity contribution in [3.63, 3.8) is 0 Å². The molecule has 1 aromatic carbocycles. The summed E-state index contributed by atoms with van der Waals surface area (Å²) in [7, 11) is -2.53. The second-order valence-electron chi connectivity index (χ2n) is 5.06. The van der Waals surface area contributed by atoms with Crippen molar-refractivity contribution in [1.82, 2.24) is 10.0 Å². The summed E-state index contributed by atoms with van der Waals surface area (Å²) in [6.07, 6.45) is 2.39. The van der Waals surface area contributed by atoms with Gasteiger partial charge in [-0.3, -0.25) is 4.79 Å². The Hall–Kier alpha value is -2.09. The summed E-state index contributed by atoms with van der Waals surface area (Å²) in [4.78, 5) is 22.5. The van der Waals surface area contributed by atoms with E-state index in [0.29, 0.717) is 25.8 Å². The van der Waals surface area contributed by atoms with Crippen LogP contribution in [0.25, 0.3) is 0 Å². The average Bonchev–Trinajstić information content (AvgIpc) is 2.50. The van der Waals surface area contributed by atoms with Gasteiger partial charge in [0.25, 0.3) is 10.0 Å². The number of benzene rings is 1. The summed E-state index contributed by atoms with van der Waals surface area (Å²) in [6, 6.07) is 5.44. The molecule has 0 unspecified atom stereocenters. The molecular formula is C15H22N2O5S. The van der Waals surface area contributed by atoms with Gasteiger partial charge in [0.05, 0.1) is 12.0 Å². The molecule has 0 fully saturated rings. The number of sulfonamides is 1. The molecular weight excluding hydrogens is 320 g/mol. The first kappa shape index (κ1) is 19.0. The lowest BCUT2D eigenvalue weighted by molar-refractivity contribution is -0.140. The lowest BCUT2D eigenvalue weighted by atomic mass is 10.2. The normalized spacial score (nSPS) is 10.9. The molecule has 2 amide bonds. The van der Waals surface area contributed by atoms with Gasteiger partial charge in [0, 0.05) is 13.0 Å². The monoisotopic (exact) mass is 342 g/mol. The van der Waals surface area contributed by atoms with Crippen LogP contribution in [0.15, 0.2) is 29.2 Å². The SMILES string of the molecule is COC(=O)CCCCCNC(=O)NS(=O)(=O)c1ccc(C)cc1. The fourth-order valence-electron chi connectivity index (χ4n) is 1.81. The lowest BCUT2D eigenvalue weighted by Gasteiger charge is -2.08. The van der Waals surface area contributed by atoms with Crippen LogP contribution in [0, 0.1) is 6.92 Å². The molecule has 23 heavy (non-hydrogen) atoms. The summed E-state index contributed by atoms with van der Waals surface area (Å²) >= 11 is 0. The van der Waals surface area contributed by atoms with E-state index in [1.165, 1.54) is 19.2 Å². The third-order valence-corrected chi connectivity index (χ3v) is 4.48. The van der Waals surface area contributed by atoms with Crippen molar-refractivity contribution in [3.8, 4) is 0 Å². The summed E-state index contributed by atoms with van der Waals surface area (Å²) in [5, 5.41) is 2.48. The molecule has 0 bridgehead atoms. The smallest absolute Gasteiger partial charge is 0.328 e. The van der Waals surface area contributed by atoms with E-state index in [0.717, 1.165) is 12.0 Å². The van der Waals surface area contributed by atoms with Gasteiger partial charge in [0.1, 0.15) is 0 Å². The van der Waals surface area contributed by atoms with Crippen molar-refractivity contribution < 1.29 is 22.7 Å². The first-order valence-corrected chi connectivity index (χ1v) is 8.77. The van der Waals surface area contributed by atoms with Crippen LogP contribution < -0.4 is 10.0 Å². The Morgan fingerprint density at radius 2 is 1.74 bits per heavy atom. The van der Waals surface area contributed by atoms with E-state index in [9.17, 15) is 18.0 Å². The number of carbonyl (C=O) groups is 2. The second kappa shape index (κ2) is 9.14. The van der Waals surface area contributed by atoms with Gasteiger partial charge in [-0.05, 0) is 31.9 Å². The van der Waals surface area contributed by atoms with Crippen LogP contribution in [-0.4, -0.2) is 34.1 Å². The van der Waals surface area contributed by atoms with Crippen LogP contribution in [0.3, 0.4) is 0 Å². The van der Waals surface area contributed by atoms with E-state index >= 15 is 0 Å². The number of unbranched alkanes of at least 4 members (excludes halogenated alkanes) is 2. The van der Waals surface area contributed by atoms with Crippen molar-refractivity contribution in [3.05, 3.63) is 29.8 Å². The van der Waals surface area contributed by atoms with Gasteiger partial charge in [0.15, 0.2) is 0 Å². The molecule has 0 heterocycles. The maximum absolute atomic E-state index is 12.0. The van der Waals surface area contributed by atoms with Gasteiger partial charge in [-0.25, -0.2) is 17.9 Å². The number of nitrogens with one attached hydrogen (secondary N) is 2. The highest BCUT2D eigenvalue weighted by atomic mass is 32.2. The van der Waals surface area contributed by atoms with Gasteiger partial charge >= 0.3 is 12.0 Å². The molecule has 0 atom stereocenters. The van der Waals surface area contributed by atoms with Gasteiger partial charge in [-0.1, -0.05) is 24.1 Å². The predicted molar refractivity (Wildman–Crippen MR) is 85.4 cm³/mol. The fraction of sp³-hybridized carbons (Fsp3) is 0.467. The zero-order valence-electron chi connectivity index (χ0n) is 13.3. The Morgan fingerprint density at radius 1 is 1.09 bits per heavy atom. The highest BCUT2D eigenvalue weighted by molar-refractivity contribution is 7.90. The maximum Gasteiger partial charge on any atom is 0.328 e. The third kappa shape index (κ3) is 7.14. The van der Waals surface area contributed by atoms with Gasteiger partial charge in [-0.2, -0.15) is 0 Å². The Kier molecular flexibility index (Phi) is 7.53. The van der Waals surface area contributed by atoms with Crippen LogP contribution in [0.2, 0.25) is 0 Å². The number of methoxy groups -OCH3 is 1. The third-order valence-electron chi connectivity index (χ3n) is 3.13. The zero-order valence-corrected chi connectivity index (χ0v) is 14.1. The van der Waals surface area contributed by atoms with Gasteiger partial charge in [-0.15, -0.1) is 0 Å². The first-order chi connectivity index (χ1) is 10.8. The molecule has 0 radical (unpaired) electrons. The highest BCUT2D eigenvalue weighted by Crippen LogP contribution is 2.09. The molecule has 128 valence electrons. The number of carbonyl (C=O) groups excluding carboxylic acids is 2. The van der Waals surface area contributed by atoms with E-state index in [1.54, 1.807) is 12.1 Å². The molecule has 1 aromatic rings. The number of aryl methyl sites for hydroxylation is 1. The highest BCUT2D eigenvalue weighted by Gasteiger charge is 2.16. The Balaban J connectivity index is 2.30. The molecule has 0 aromatic heterocycles. The van der Waals surface area contributed by atoms with E-state index in [-0.39, 0.29) is 10.9 Å². The standard InChI is InChI=1S/C15H22N2O5S/c1-12-7-9-13(10-8-12)23(20,21)17-15(19)16-11-5-3-4-6-14(18)22-2/h7-10H,3-6,11H2,1-2H3,(H2,16,17,19). The van der Waals surface area contributed by atoms with Crippen LogP contribution in [0.4, 0.5) is 4.79 Å². The quantitative estimate of drug-likeness (QED) is 0.553. The Morgan fingerprint density at radius 3 is 2.35 bits per heavy atom. The topological polar surface area (TPSA) is 102 Å². The summed E-state index contributed by atoms with van der Waals surface area (Å²) < 4.78 is 30.4.